The molecule has 0 aromatic carbocycles. The fourth-order valence-corrected chi connectivity index (χ4v) is 1.42. The lowest BCUT2D eigenvalue weighted by atomic mass is 10.3. The molecule has 0 saturated carbocycles. The van der Waals surface area contributed by atoms with Gasteiger partial charge in [0.25, 0.3) is 0 Å². The van der Waals surface area contributed by atoms with Gasteiger partial charge in [-0.15, -0.1) is 0 Å². The Morgan fingerprint density at radius 3 is 3.27 bits per heavy atom. The Labute approximate surface area is 69.1 Å². The molecule has 2 rings (SSSR count). The maximum Gasteiger partial charge on any atom is 0.159 e. The summed E-state index contributed by atoms with van der Waals surface area (Å²) in [6.45, 7) is 0.658. The quantitative estimate of drug-likeness (QED) is 0.638. The number of ether oxygens (including phenoxy) is 1. The van der Waals surface area contributed by atoms with Gasteiger partial charge in [-0.05, 0) is 0 Å². The van der Waals surface area contributed by atoms with Gasteiger partial charge in [-0.2, -0.15) is 0 Å². The van der Waals surface area contributed by atoms with Crippen LogP contribution in [0.25, 0.3) is 0 Å². The Balaban J connectivity index is 2.60. The van der Waals surface area contributed by atoms with Gasteiger partial charge in [0, 0.05) is 12.5 Å². The van der Waals surface area contributed by atoms with E-state index in [1.807, 2.05) is 0 Å². The molecule has 2 N–H and O–H groups in total. The summed E-state index contributed by atoms with van der Waals surface area (Å²) in [6.07, 6.45) is 0.806. The molecule has 11 heavy (non-hydrogen) atoms. The largest absolute Gasteiger partial charge is 0.490 e. The summed E-state index contributed by atoms with van der Waals surface area (Å²) in [4.78, 5) is 4.08. The molecule has 0 fully saturated rings. The summed E-state index contributed by atoms with van der Waals surface area (Å²) in [6, 6.07) is 1.60. The molecule has 1 aliphatic heterocycles. The van der Waals surface area contributed by atoms with Crippen molar-refractivity contribution in [1.82, 2.24) is 4.98 Å². The molecule has 1 aromatic rings. The van der Waals surface area contributed by atoms with Crippen molar-refractivity contribution in [2.24, 2.45) is 0 Å². The summed E-state index contributed by atoms with van der Waals surface area (Å²) in [7, 11) is 0. The molecule has 4 heteroatoms. The van der Waals surface area contributed by atoms with Crippen molar-refractivity contribution in [3.63, 3.8) is 0 Å². The summed E-state index contributed by atoms with van der Waals surface area (Å²) < 4.78 is 5.23. The Morgan fingerprint density at radius 1 is 1.64 bits per heavy atom. The van der Waals surface area contributed by atoms with E-state index < -0.39 is 0 Å². The van der Waals surface area contributed by atoms with Crippen LogP contribution in [0.5, 0.6) is 5.75 Å². The standard InChI is InChI=1S/C7H7ClN2O/c8-4-3-6(9)10-5-1-2-11-7(4)5/h3H,1-2H2,(H2,9,10). The van der Waals surface area contributed by atoms with E-state index in [0.29, 0.717) is 23.2 Å². The molecule has 1 aliphatic rings. The summed E-state index contributed by atoms with van der Waals surface area (Å²) >= 11 is 5.83. The van der Waals surface area contributed by atoms with Gasteiger partial charge in [0.15, 0.2) is 5.75 Å². The van der Waals surface area contributed by atoms with Crippen LogP contribution in [0.1, 0.15) is 5.69 Å². The van der Waals surface area contributed by atoms with E-state index in [0.717, 1.165) is 12.1 Å². The van der Waals surface area contributed by atoms with Crippen LogP contribution in [0.2, 0.25) is 5.02 Å². The second-order valence-electron chi connectivity index (χ2n) is 2.40. The molecule has 0 amide bonds. The van der Waals surface area contributed by atoms with Crippen molar-refractivity contribution >= 4 is 17.4 Å². The van der Waals surface area contributed by atoms with Gasteiger partial charge in [-0.1, -0.05) is 11.6 Å². The first-order chi connectivity index (χ1) is 5.27. The number of halogens is 1. The third-order valence-corrected chi connectivity index (χ3v) is 1.88. The van der Waals surface area contributed by atoms with E-state index in [9.17, 15) is 0 Å². The highest BCUT2D eigenvalue weighted by Crippen LogP contribution is 2.32. The van der Waals surface area contributed by atoms with Crippen LogP contribution in [0.3, 0.4) is 0 Å². The highest BCUT2D eigenvalue weighted by Gasteiger charge is 2.17. The normalized spacial score (nSPS) is 14.3. The number of hydrogen-bond donors (Lipinski definition) is 1. The maximum atomic E-state index is 5.83. The number of hydrogen-bond acceptors (Lipinski definition) is 3. The van der Waals surface area contributed by atoms with Gasteiger partial charge >= 0.3 is 0 Å². The number of anilines is 1. The van der Waals surface area contributed by atoms with Gasteiger partial charge in [0.1, 0.15) is 5.82 Å². The molecule has 58 valence electrons. The van der Waals surface area contributed by atoms with Gasteiger partial charge in [0.05, 0.1) is 17.3 Å². The Bertz CT molecular complexity index is 301. The Morgan fingerprint density at radius 2 is 2.45 bits per heavy atom. The summed E-state index contributed by atoms with van der Waals surface area (Å²) in [5.74, 6) is 1.15. The molecule has 0 spiro atoms. The number of nitrogen functional groups attached to an aromatic ring is 1. The lowest BCUT2D eigenvalue weighted by Gasteiger charge is -2.01. The van der Waals surface area contributed by atoms with Crippen molar-refractivity contribution < 1.29 is 4.74 Å². The van der Waals surface area contributed by atoms with E-state index in [4.69, 9.17) is 22.1 Å². The van der Waals surface area contributed by atoms with E-state index in [-0.39, 0.29) is 0 Å². The number of fused-ring (bicyclic) bond motifs is 1. The zero-order chi connectivity index (χ0) is 7.84. The smallest absolute Gasteiger partial charge is 0.159 e. The number of nitrogens with two attached hydrogens (primary N) is 1. The molecule has 0 aliphatic carbocycles. The highest BCUT2D eigenvalue weighted by atomic mass is 35.5. The summed E-state index contributed by atoms with van der Waals surface area (Å²) in [5.41, 5.74) is 6.35. The van der Waals surface area contributed by atoms with Gasteiger partial charge in [-0.3, -0.25) is 0 Å². The van der Waals surface area contributed by atoms with Crippen molar-refractivity contribution in [1.29, 1.82) is 0 Å². The van der Waals surface area contributed by atoms with E-state index >= 15 is 0 Å². The second kappa shape index (κ2) is 2.27. The molecule has 0 unspecified atom stereocenters. The lowest BCUT2D eigenvalue weighted by molar-refractivity contribution is 0.357. The fourth-order valence-electron chi connectivity index (χ4n) is 1.14. The van der Waals surface area contributed by atoms with Crippen molar-refractivity contribution in [3.05, 3.63) is 16.8 Å². The van der Waals surface area contributed by atoms with Gasteiger partial charge in [0.2, 0.25) is 0 Å². The Hall–Kier alpha value is -0.960. The monoisotopic (exact) mass is 170 g/mol. The predicted molar refractivity (Wildman–Crippen MR) is 42.9 cm³/mol. The van der Waals surface area contributed by atoms with Crippen LogP contribution >= 0.6 is 11.6 Å². The Kier molecular flexibility index (Phi) is 1.39. The number of nitrogens with zero attached hydrogens (tertiary/aromatic N) is 1. The predicted octanol–water partition coefficient (Wildman–Crippen LogP) is 1.25. The van der Waals surface area contributed by atoms with Crippen molar-refractivity contribution in [2.75, 3.05) is 12.3 Å². The van der Waals surface area contributed by atoms with Gasteiger partial charge in [-0.25, -0.2) is 4.98 Å². The fraction of sp³-hybridized carbons (Fsp3) is 0.286. The summed E-state index contributed by atoms with van der Waals surface area (Å²) in [5, 5.41) is 0.560. The van der Waals surface area contributed by atoms with Crippen LogP contribution < -0.4 is 10.5 Å². The number of rotatable bonds is 0. The molecule has 0 saturated heterocycles. The van der Waals surface area contributed by atoms with E-state index in [1.54, 1.807) is 6.07 Å². The average molecular weight is 171 g/mol. The van der Waals surface area contributed by atoms with Crippen LogP contribution in [-0.2, 0) is 6.42 Å². The molecule has 0 atom stereocenters. The first-order valence-corrected chi connectivity index (χ1v) is 3.73. The van der Waals surface area contributed by atoms with Gasteiger partial charge < -0.3 is 10.5 Å². The minimum Gasteiger partial charge on any atom is -0.490 e. The number of pyridine rings is 1. The van der Waals surface area contributed by atoms with E-state index in [1.165, 1.54) is 0 Å². The third-order valence-electron chi connectivity index (χ3n) is 1.60. The van der Waals surface area contributed by atoms with Crippen LogP contribution in [-0.4, -0.2) is 11.6 Å². The first kappa shape index (κ1) is 6.73. The first-order valence-electron chi connectivity index (χ1n) is 3.35. The molecule has 2 heterocycles. The van der Waals surface area contributed by atoms with Crippen LogP contribution in [0.4, 0.5) is 5.82 Å². The molecule has 0 radical (unpaired) electrons. The van der Waals surface area contributed by atoms with Crippen molar-refractivity contribution in [3.8, 4) is 5.75 Å². The van der Waals surface area contributed by atoms with Crippen LogP contribution in [0.15, 0.2) is 6.07 Å². The average Bonchev–Trinajstić information content (AvgIpc) is 2.34. The molecular weight excluding hydrogens is 164 g/mol. The van der Waals surface area contributed by atoms with E-state index in [2.05, 4.69) is 4.98 Å². The molecule has 0 bridgehead atoms. The minimum absolute atomic E-state index is 0.458. The minimum atomic E-state index is 0.458. The SMILES string of the molecule is Nc1cc(Cl)c2c(n1)CCO2. The third kappa shape index (κ3) is 1.01. The second-order valence-corrected chi connectivity index (χ2v) is 2.81. The maximum absolute atomic E-state index is 5.83. The number of aromatic nitrogens is 1. The van der Waals surface area contributed by atoms with Crippen LogP contribution in [0, 0.1) is 0 Å². The molecular formula is C7H7ClN2O. The highest BCUT2D eigenvalue weighted by molar-refractivity contribution is 6.32. The molecule has 1 aromatic heterocycles. The zero-order valence-corrected chi connectivity index (χ0v) is 6.56. The zero-order valence-electron chi connectivity index (χ0n) is 5.80. The van der Waals surface area contributed by atoms with Crippen molar-refractivity contribution in [2.45, 2.75) is 6.42 Å². The lowest BCUT2D eigenvalue weighted by Crippen LogP contribution is -1.92. The topological polar surface area (TPSA) is 48.1 Å². The molecule has 3 nitrogen and oxygen atoms in total.